The molecule has 1 aliphatic heterocycles. The van der Waals surface area contributed by atoms with Gasteiger partial charge in [0.15, 0.2) is 11.5 Å². The molecule has 1 aromatic heterocycles. The number of nitrogens with zero attached hydrogens (tertiary/aromatic N) is 4. The molecule has 1 N–H and O–H groups in total. The Balaban J connectivity index is 1.54. The van der Waals surface area contributed by atoms with E-state index in [0.717, 1.165) is 5.75 Å². The molecule has 154 valence electrons. The zero-order valence-corrected chi connectivity index (χ0v) is 16.6. The van der Waals surface area contributed by atoms with E-state index in [1.165, 1.54) is 0 Å². The summed E-state index contributed by atoms with van der Waals surface area (Å²) in [5.74, 6) is 1.09. The molecule has 2 amide bonds. The van der Waals surface area contributed by atoms with Gasteiger partial charge in [-0.2, -0.15) is 0 Å². The number of benzene rings is 1. The largest absolute Gasteiger partial charge is 0.494 e. The maximum Gasteiger partial charge on any atom is 0.409 e. The van der Waals surface area contributed by atoms with Gasteiger partial charge in [0.25, 0.3) is 5.91 Å². The van der Waals surface area contributed by atoms with Crippen LogP contribution in [-0.2, 0) is 4.74 Å². The van der Waals surface area contributed by atoms with Gasteiger partial charge >= 0.3 is 6.09 Å². The van der Waals surface area contributed by atoms with E-state index in [2.05, 4.69) is 15.5 Å². The van der Waals surface area contributed by atoms with Crippen molar-refractivity contribution >= 4 is 23.5 Å². The Labute approximate surface area is 169 Å². The van der Waals surface area contributed by atoms with Crippen LogP contribution in [0, 0.1) is 0 Å². The highest BCUT2D eigenvalue weighted by molar-refractivity contribution is 6.02. The van der Waals surface area contributed by atoms with Crippen molar-refractivity contribution < 1.29 is 19.1 Å². The van der Waals surface area contributed by atoms with Crippen LogP contribution in [0.5, 0.6) is 5.75 Å². The topological polar surface area (TPSA) is 96.9 Å². The standard InChI is InChI=1S/C20H25N5O4/c1-3-28-16-7-5-15(6-8-16)21-19(26)17-9-10-18(23-22-17)24-11-13-25(14-12-24)20(27)29-4-2/h5-10H,3-4,11-14H2,1-2H3,(H,21,26). The van der Waals surface area contributed by atoms with Gasteiger partial charge in [0, 0.05) is 31.9 Å². The molecule has 3 rings (SSSR count). The van der Waals surface area contributed by atoms with Gasteiger partial charge in [0.2, 0.25) is 0 Å². The van der Waals surface area contributed by atoms with E-state index in [-0.39, 0.29) is 17.7 Å². The zero-order valence-electron chi connectivity index (χ0n) is 16.6. The quantitative estimate of drug-likeness (QED) is 0.797. The predicted molar refractivity (Wildman–Crippen MR) is 108 cm³/mol. The van der Waals surface area contributed by atoms with E-state index >= 15 is 0 Å². The smallest absolute Gasteiger partial charge is 0.409 e. The molecule has 2 aromatic rings. The first-order chi connectivity index (χ1) is 14.1. The van der Waals surface area contributed by atoms with Crippen LogP contribution in [0.2, 0.25) is 0 Å². The van der Waals surface area contributed by atoms with Gasteiger partial charge in [0.1, 0.15) is 5.75 Å². The Bertz CT molecular complexity index is 818. The highest BCUT2D eigenvalue weighted by Gasteiger charge is 2.23. The average molecular weight is 399 g/mol. The minimum absolute atomic E-state index is 0.229. The minimum atomic E-state index is -0.333. The summed E-state index contributed by atoms with van der Waals surface area (Å²) in [4.78, 5) is 27.8. The van der Waals surface area contributed by atoms with Crippen LogP contribution >= 0.6 is 0 Å². The average Bonchev–Trinajstić information content (AvgIpc) is 2.76. The second-order valence-electron chi connectivity index (χ2n) is 6.36. The number of piperazine rings is 1. The van der Waals surface area contributed by atoms with Crippen molar-refractivity contribution in [1.82, 2.24) is 15.1 Å². The highest BCUT2D eigenvalue weighted by atomic mass is 16.6. The van der Waals surface area contributed by atoms with Gasteiger partial charge in [-0.3, -0.25) is 4.79 Å². The van der Waals surface area contributed by atoms with E-state index < -0.39 is 0 Å². The van der Waals surface area contributed by atoms with Crippen molar-refractivity contribution in [3.63, 3.8) is 0 Å². The molecule has 0 atom stereocenters. The lowest BCUT2D eigenvalue weighted by molar-refractivity contribution is 0.101. The lowest BCUT2D eigenvalue weighted by atomic mass is 10.2. The third kappa shape index (κ3) is 5.34. The second kappa shape index (κ2) is 9.72. The van der Waals surface area contributed by atoms with Gasteiger partial charge in [-0.15, -0.1) is 10.2 Å². The van der Waals surface area contributed by atoms with Crippen molar-refractivity contribution in [2.45, 2.75) is 13.8 Å². The fraction of sp³-hybridized carbons (Fsp3) is 0.400. The van der Waals surface area contributed by atoms with E-state index in [1.54, 1.807) is 48.2 Å². The number of carbonyl (C=O) groups excluding carboxylic acids is 2. The number of amides is 2. The summed E-state index contributed by atoms with van der Waals surface area (Å²) in [6, 6.07) is 10.5. The molecular formula is C20H25N5O4. The summed E-state index contributed by atoms with van der Waals surface area (Å²) in [6.45, 7) is 7.03. The summed E-state index contributed by atoms with van der Waals surface area (Å²) in [6.07, 6.45) is -0.292. The molecule has 1 fully saturated rings. The first kappa shape index (κ1) is 20.4. The van der Waals surface area contributed by atoms with Gasteiger partial charge in [-0.05, 0) is 50.2 Å². The van der Waals surface area contributed by atoms with Crippen molar-refractivity contribution in [1.29, 1.82) is 0 Å². The SMILES string of the molecule is CCOC(=O)N1CCN(c2ccc(C(=O)Nc3ccc(OCC)cc3)nn2)CC1. The van der Waals surface area contributed by atoms with Crippen molar-refractivity contribution in [3.05, 3.63) is 42.1 Å². The maximum atomic E-state index is 12.4. The van der Waals surface area contributed by atoms with Crippen molar-refractivity contribution in [2.24, 2.45) is 0 Å². The number of rotatable bonds is 6. The lowest BCUT2D eigenvalue weighted by Crippen LogP contribution is -2.49. The Morgan fingerprint density at radius 3 is 2.28 bits per heavy atom. The molecule has 0 aliphatic carbocycles. The number of aromatic nitrogens is 2. The Morgan fingerprint density at radius 2 is 1.69 bits per heavy atom. The number of hydrogen-bond donors (Lipinski definition) is 1. The van der Waals surface area contributed by atoms with E-state index in [4.69, 9.17) is 9.47 Å². The van der Waals surface area contributed by atoms with Crippen molar-refractivity contribution in [2.75, 3.05) is 49.6 Å². The first-order valence-corrected chi connectivity index (χ1v) is 9.65. The van der Waals surface area contributed by atoms with Gasteiger partial charge in [-0.1, -0.05) is 0 Å². The number of carbonyl (C=O) groups is 2. The molecule has 1 saturated heterocycles. The van der Waals surface area contributed by atoms with Crippen LogP contribution in [-0.4, -0.2) is 66.5 Å². The van der Waals surface area contributed by atoms with Crippen LogP contribution in [0.3, 0.4) is 0 Å². The molecule has 0 bridgehead atoms. The first-order valence-electron chi connectivity index (χ1n) is 9.65. The van der Waals surface area contributed by atoms with Gasteiger partial charge < -0.3 is 24.6 Å². The van der Waals surface area contributed by atoms with Crippen LogP contribution in [0.4, 0.5) is 16.3 Å². The predicted octanol–water partition coefficient (Wildman–Crippen LogP) is 2.41. The van der Waals surface area contributed by atoms with Crippen LogP contribution in [0.25, 0.3) is 0 Å². The molecule has 2 heterocycles. The summed E-state index contributed by atoms with van der Waals surface area (Å²) in [5.41, 5.74) is 0.882. The zero-order chi connectivity index (χ0) is 20.6. The Hall–Kier alpha value is -3.36. The van der Waals surface area contributed by atoms with E-state index in [1.807, 2.05) is 11.8 Å². The third-order valence-corrected chi connectivity index (χ3v) is 4.44. The summed E-state index contributed by atoms with van der Waals surface area (Å²) in [7, 11) is 0. The maximum absolute atomic E-state index is 12.4. The third-order valence-electron chi connectivity index (χ3n) is 4.44. The molecule has 0 radical (unpaired) electrons. The summed E-state index contributed by atoms with van der Waals surface area (Å²) >= 11 is 0. The molecular weight excluding hydrogens is 374 g/mol. The van der Waals surface area contributed by atoms with E-state index in [9.17, 15) is 9.59 Å². The van der Waals surface area contributed by atoms with Gasteiger partial charge in [-0.25, -0.2) is 4.79 Å². The number of nitrogens with one attached hydrogen (secondary N) is 1. The molecule has 0 spiro atoms. The van der Waals surface area contributed by atoms with Crippen LogP contribution < -0.4 is 15.0 Å². The fourth-order valence-corrected chi connectivity index (χ4v) is 2.94. The molecule has 9 heteroatoms. The Kier molecular flexibility index (Phi) is 6.83. The molecule has 0 saturated carbocycles. The second-order valence-corrected chi connectivity index (χ2v) is 6.36. The fourth-order valence-electron chi connectivity index (χ4n) is 2.94. The van der Waals surface area contributed by atoms with E-state index in [0.29, 0.717) is 50.9 Å². The molecule has 9 nitrogen and oxygen atoms in total. The number of ether oxygens (including phenoxy) is 2. The van der Waals surface area contributed by atoms with Crippen molar-refractivity contribution in [3.8, 4) is 5.75 Å². The number of anilines is 2. The van der Waals surface area contributed by atoms with Gasteiger partial charge in [0.05, 0.1) is 13.2 Å². The normalized spacial score (nSPS) is 13.7. The minimum Gasteiger partial charge on any atom is -0.494 e. The van der Waals surface area contributed by atoms with Crippen LogP contribution in [0.1, 0.15) is 24.3 Å². The Morgan fingerprint density at radius 1 is 0.966 bits per heavy atom. The molecule has 0 unspecified atom stereocenters. The molecule has 29 heavy (non-hydrogen) atoms. The summed E-state index contributed by atoms with van der Waals surface area (Å²) in [5, 5.41) is 11.0. The number of hydrogen-bond acceptors (Lipinski definition) is 7. The molecule has 1 aliphatic rings. The highest BCUT2D eigenvalue weighted by Crippen LogP contribution is 2.17. The summed E-state index contributed by atoms with van der Waals surface area (Å²) < 4.78 is 10.4. The van der Waals surface area contributed by atoms with Crippen LogP contribution in [0.15, 0.2) is 36.4 Å². The lowest BCUT2D eigenvalue weighted by Gasteiger charge is -2.34. The monoisotopic (exact) mass is 399 g/mol. The molecule has 1 aromatic carbocycles.